The average molecular weight is 268 g/mol. The molecule has 0 heterocycles. The predicted octanol–water partition coefficient (Wildman–Crippen LogP) is 3.10. The molecule has 2 N–H and O–H groups in total. The summed E-state index contributed by atoms with van der Waals surface area (Å²) in [5, 5.41) is 6.32. The van der Waals surface area contributed by atoms with Crippen molar-refractivity contribution < 1.29 is 4.79 Å². The monoisotopic (exact) mass is 268 g/mol. The largest absolute Gasteiger partial charge is 0.355 e. The molecular weight excluding hydrogens is 236 g/mol. The highest BCUT2D eigenvalue weighted by Gasteiger charge is 2.31. The van der Waals surface area contributed by atoms with Crippen LogP contribution < -0.4 is 10.6 Å². The van der Waals surface area contributed by atoms with Crippen LogP contribution in [-0.2, 0) is 4.79 Å². The molecule has 1 aliphatic rings. The number of hydrogen-bond acceptors (Lipinski definition) is 2. The molecule has 1 amide bonds. The van der Waals surface area contributed by atoms with Crippen LogP contribution in [0.25, 0.3) is 0 Å². The lowest BCUT2D eigenvalue weighted by atomic mass is 9.69. The molecule has 1 fully saturated rings. The first kappa shape index (κ1) is 16.5. The number of amides is 1. The molecule has 3 nitrogen and oxygen atoms in total. The van der Waals surface area contributed by atoms with Crippen LogP contribution in [0.1, 0.15) is 66.2 Å². The van der Waals surface area contributed by atoms with Crippen molar-refractivity contribution in [3.8, 4) is 0 Å². The summed E-state index contributed by atoms with van der Waals surface area (Å²) in [5.41, 5.74) is 0.476. The topological polar surface area (TPSA) is 41.1 Å². The molecule has 0 aliphatic heterocycles. The molecule has 1 aliphatic carbocycles. The summed E-state index contributed by atoms with van der Waals surface area (Å²) in [7, 11) is 0. The van der Waals surface area contributed by atoms with E-state index < -0.39 is 0 Å². The maximum atomic E-state index is 11.5. The fraction of sp³-hybridized carbons (Fsp3) is 0.938. The molecule has 19 heavy (non-hydrogen) atoms. The Balaban J connectivity index is 2.22. The van der Waals surface area contributed by atoms with Crippen molar-refractivity contribution in [3.05, 3.63) is 0 Å². The van der Waals surface area contributed by atoms with Crippen LogP contribution in [0.2, 0.25) is 0 Å². The molecule has 0 bridgehead atoms. The van der Waals surface area contributed by atoms with Gasteiger partial charge in [-0.15, -0.1) is 0 Å². The summed E-state index contributed by atoms with van der Waals surface area (Å²) < 4.78 is 0. The van der Waals surface area contributed by atoms with Crippen LogP contribution in [-0.4, -0.2) is 25.0 Å². The number of carbonyl (C=O) groups is 1. The summed E-state index contributed by atoms with van der Waals surface area (Å²) in [6.45, 7) is 10.4. The van der Waals surface area contributed by atoms with Gasteiger partial charge >= 0.3 is 0 Å². The number of hydrogen-bond donors (Lipinski definition) is 2. The first-order valence-electron chi connectivity index (χ1n) is 7.99. The van der Waals surface area contributed by atoms with E-state index in [0.717, 1.165) is 18.9 Å². The molecule has 0 unspecified atom stereocenters. The van der Waals surface area contributed by atoms with Gasteiger partial charge in [0, 0.05) is 12.6 Å². The highest BCUT2D eigenvalue weighted by atomic mass is 16.1. The van der Waals surface area contributed by atoms with E-state index >= 15 is 0 Å². The van der Waals surface area contributed by atoms with Crippen LogP contribution in [0.3, 0.4) is 0 Å². The molecule has 112 valence electrons. The lowest BCUT2D eigenvalue weighted by molar-refractivity contribution is -0.120. The van der Waals surface area contributed by atoms with Gasteiger partial charge in [0.2, 0.25) is 5.91 Å². The molecule has 3 heteroatoms. The van der Waals surface area contributed by atoms with E-state index in [4.69, 9.17) is 0 Å². The summed E-state index contributed by atoms with van der Waals surface area (Å²) in [4.78, 5) is 11.5. The zero-order chi connectivity index (χ0) is 14.3. The van der Waals surface area contributed by atoms with Gasteiger partial charge in [-0.05, 0) is 43.4 Å². The summed E-state index contributed by atoms with van der Waals surface area (Å²) in [6.07, 6.45) is 7.30. The van der Waals surface area contributed by atoms with Gasteiger partial charge < -0.3 is 10.6 Å². The molecular formula is C16H32N2O. The Morgan fingerprint density at radius 3 is 2.32 bits per heavy atom. The summed E-state index contributed by atoms with van der Waals surface area (Å²) in [6, 6.07) is 0.538. The Morgan fingerprint density at radius 2 is 1.79 bits per heavy atom. The zero-order valence-corrected chi connectivity index (χ0v) is 13.2. The molecule has 0 aromatic heterocycles. The quantitative estimate of drug-likeness (QED) is 0.745. The Bertz CT molecular complexity index is 268. The lowest BCUT2D eigenvalue weighted by Crippen LogP contribution is -2.42. The lowest BCUT2D eigenvalue weighted by Gasteiger charge is -2.39. The molecule has 0 atom stereocenters. The summed E-state index contributed by atoms with van der Waals surface area (Å²) in [5.74, 6) is 0.988. The van der Waals surface area contributed by atoms with Gasteiger partial charge in [-0.1, -0.05) is 34.1 Å². The van der Waals surface area contributed by atoms with E-state index in [0.29, 0.717) is 18.0 Å². The Labute approximate surface area is 118 Å². The van der Waals surface area contributed by atoms with E-state index in [1.807, 2.05) is 0 Å². The second kappa shape index (κ2) is 7.88. The highest BCUT2D eigenvalue weighted by Crippen LogP contribution is 2.40. The smallest absolute Gasteiger partial charge is 0.233 e. The SMILES string of the molecule is CCCNC(=O)CNC1CCC(C(C)(C)CC)CC1. The fourth-order valence-electron chi connectivity index (χ4n) is 2.93. The summed E-state index contributed by atoms with van der Waals surface area (Å²) >= 11 is 0. The Kier molecular flexibility index (Phi) is 6.84. The molecule has 1 rings (SSSR count). The average Bonchev–Trinajstić information content (AvgIpc) is 2.43. The number of rotatable bonds is 7. The van der Waals surface area contributed by atoms with Crippen molar-refractivity contribution in [2.75, 3.05) is 13.1 Å². The maximum absolute atomic E-state index is 11.5. The zero-order valence-electron chi connectivity index (χ0n) is 13.2. The van der Waals surface area contributed by atoms with Gasteiger partial charge in [-0.25, -0.2) is 0 Å². The van der Waals surface area contributed by atoms with Crippen LogP contribution in [0.5, 0.6) is 0 Å². The van der Waals surface area contributed by atoms with Crippen molar-refractivity contribution in [2.45, 2.75) is 72.3 Å². The van der Waals surface area contributed by atoms with Gasteiger partial charge in [-0.3, -0.25) is 4.79 Å². The van der Waals surface area contributed by atoms with E-state index in [2.05, 4.69) is 38.3 Å². The number of carbonyl (C=O) groups excluding carboxylic acids is 1. The maximum Gasteiger partial charge on any atom is 0.233 e. The van der Waals surface area contributed by atoms with Crippen molar-refractivity contribution in [1.82, 2.24) is 10.6 Å². The van der Waals surface area contributed by atoms with Gasteiger partial charge in [0.05, 0.1) is 6.54 Å². The predicted molar refractivity (Wildman–Crippen MR) is 81.1 cm³/mol. The minimum absolute atomic E-state index is 0.137. The Morgan fingerprint density at radius 1 is 1.16 bits per heavy atom. The standard InChI is InChI=1S/C16H32N2O/c1-5-11-17-15(19)12-18-14-9-7-13(8-10-14)16(3,4)6-2/h13-14,18H,5-12H2,1-4H3,(H,17,19). The van der Waals surface area contributed by atoms with Crippen LogP contribution in [0.15, 0.2) is 0 Å². The molecule has 0 aromatic carbocycles. The van der Waals surface area contributed by atoms with Crippen molar-refractivity contribution in [1.29, 1.82) is 0 Å². The van der Waals surface area contributed by atoms with Crippen LogP contribution in [0, 0.1) is 11.3 Å². The minimum Gasteiger partial charge on any atom is -0.355 e. The Hall–Kier alpha value is -0.570. The highest BCUT2D eigenvalue weighted by molar-refractivity contribution is 5.77. The van der Waals surface area contributed by atoms with Gasteiger partial charge in [0.15, 0.2) is 0 Å². The minimum atomic E-state index is 0.137. The third kappa shape index (κ3) is 5.52. The van der Waals surface area contributed by atoms with Crippen molar-refractivity contribution in [3.63, 3.8) is 0 Å². The molecule has 1 saturated carbocycles. The fourth-order valence-corrected chi connectivity index (χ4v) is 2.93. The normalized spacial score (nSPS) is 24.2. The van der Waals surface area contributed by atoms with Crippen LogP contribution >= 0.6 is 0 Å². The van der Waals surface area contributed by atoms with Crippen molar-refractivity contribution >= 4 is 5.91 Å². The van der Waals surface area contributed by atoms with E-state index in [1.165, 1.54) is 32.1 Å². The van der Waals surface area contributed by atoms with Crippen LogP contribution in [0.4, 0.5) is 0 Å². The molecule has 0 radical (unpaired) electrons. The van der Waals surface area contributed by atoms with Gasteiger partial charge in [0.1, 0.15) is 0 Å². The third-order valence-electron chi connectivity index (χ3n) is 4.87. The van der Waals surface area contributed by atoms with Gasteiger partial charge in [-0.2, -0.15) is 0 Å². The van der Waals surface area contributed by atoms with Gasteiger partial charge in [0.25, 0.3) is 0 Å². The molecule has 0 saturated heterocycles. The van der Waals surface area contributed by atoms with Crippen molar-refractivity contribution in [2.24, 2.45) is 11.3 Å². The second-order valence-corrected chi connectivity index (χ2v) is 6.62. The van der Waals surface area contributed by atoms with E-state index in [1.54, 1.807) is 0 Å². The number of nitrogens with one attached hydrogen (secondary N) is 2. The third-order valence-corrected chi connectivity index (χ3v) is 4.87. The van der Waals surface area contributed by atoms with E-state index in [9.17, 15) is 4.79 Å². The first-order valence-corrected chi connectivity index (χ1v) is 7.99. The first-order chi connectivity index (χ1) is 8.99. The molecule has 0 spiro atoms. The van der Waals surface area contributed by atoms with E-state index in [-0.39, 0.29) is 5.91 Å². The molecule has 0 aromatic rings. The second-order valence-electron chi connectivity index (χ2n) is 6.62.